The average Bonchev–Trinajstić information content (AvgIpc) is 2.79. The minimum absolute atomic E-state index is 0.205. The number of hydrogen-bond acceptors (Lipinski definition) is 4. The van der Waals surface area contributed by atoms with E-state index in [1.807, 2.05) is 13.8 Å². The molecule has 0 aliphatic carbocycles. The van der Waals surface area contributed by atoms with Gasteiger partial charge in [-0.15, -0.1) is 11.3 Å². The predicted molar refractivity (Wildman–Crippen MR) is 69.5 cm³/mol. The summed E-state index contributed by atoms with van der Waals surface area (Å²) in [4.78, 5) is 0.693. The van der Waals surface area contributed by atoms with Crippen molar-refractivity contribution >= 4 is 21.4 Å². The van der Waals surface area contributed by atoms with Crippen molar-refractivity contribution in [3.8, 4) is 0 Å². The van der Waals surface area contributed by atoms with Crippen LogP contribution in [-0.4, -0.2) is 20.1 Å². The van der Waals surface area contributed by atoms with Crippen LogP contribution >= 0.6 is 11.3 Å². The van der Waals surface area contributed by atoms with Crippen LogP contribution in [0.5, 0.6) is 0 Å². The normalized spacial score (nSPS) is 12.2. The minimum atomic E-state index is -3.47. The van der Waals surface area contributed by atoms with E-state index in [0.717, 1.165) is 12.8 Å². The summed E-state index contributed by atoms with van der Waals surface area (Å²) in [5.74, 6) is 0.362. The zero-order chi connectivity index (χ0) is 12.9. The molecule has 6 heteroatoms. The van der Waals surface area contributed by atoms with Gasteiger partial charge in [-0.1, -0.05) is 26.7 Å². The molecule has 2 N–H and O–H groups in total. The first-order valence-corrected chi connectivity index (χ1v) is 8.08. The van der Waals surface area contributed by atoms with Gasteiger partial charge in [0.1, 0.15) is 0 Å². The molecule has 1 aromatic heterocycles. The summed E-state index contributed by atoms with van der Waals surface area (Å²) in [7, 11) is -3.47. The number of nitrogens with one attached hydrogen (secondary N) is 1. The van der Waals surface area contributed by atoms with Crippen molar-refractivity contribution in [2.24, 2.45) is 5.92 Å². The summed E-state index contributed by atoms with van der Waals surface area (Å²) in [6, 6.07) is 1.53. The van der Waals surface area contributed by atoms with Crippen molar-refractivity contribution < 1.29 is 13.5 Å². The van der Waals surface area contributed by atoms with Crippen LogP contribution in [0, 0.1) is 5.92 Å². The molecule has 17 heavy (non-hydrogen) atoms. The molecule has 4 nitrogen and oxygen atoms in total. The molecule has 1 heterocycles. The quantitative estimate of drug-likeness (QED) is 0.800. The van der Waals surface area contributed by atoms with Gasteiger partial charge in [0.25, 0.3) is 0 Å². The Morgan fingerprint density at radius 2 is 2.06 bits per heavy atom. The van der Waals surface area contributed by atoms with Crippen LogP contribution in [-0.2, 0) is 16.6 Å². The first-order valence-electron chi connectivity index (χ1n) is 5.72. The lowest BCUT2D eigenvalue weighted by molar-refractivity contribution is 0.282. The van der Waals surface area contributed by atoms with E-state index in [9.17, 15) is 8.42 Å². The topological polar surface area (TPSA) is 66.4 Å². The molecule has 0 amide bonds. The maximum atomic E-state index is 12.0. The molecular formula is C11H19NO3S2. The van der Waals surface area contributed by atoms with Crippen molar-refractivity contribution in [1.82, 2.24) is 4.72 Å². The van der Waals surface area contributed by atoms with Gasteiger partial charge < -0.3 is 5.11 Å². The second-order valence-corrected chi connectivity index (χ2v) is 6.64. The van der Waals surface area contributed by atoms with E-state index in [1.165, 1.54) is 17.4 Å². The number of sulfonamides is 1. The first-order chi connectivity index (χ1) is 8.05. The molecule has 0 aliphatic heterocycles. The highest BCUT2D eigenvalue weighted by Gasteiger charge is 2.19. The lowest BCUT2D eigenvalue weighted by Crippen LogP contribution is -2.29. The molecule has 0 aromatic carbocycles. The molecule has 0 spiro atoms. The van der Waals surface area contributed by atoms with Gasteiger partial charge in [0.15, 0.2) is 0 Å². The van der Waals surface area contributed by atoms with Crippen LogP contribution in [0.4, 0.5) is 0 Å². The highest BCUT2D eigenvalue weighted by atomic mass is 32.2. The van der Waals surface area contributed by atoms with Crippen molar-refractivity contribution in [3.63, 3.8) is 0 Å². The molecule has 0 saturated carbocycles. The number of rotatable bonds is 7. The summed E-state index contributed by atoms with van der Waals surface area (Å²) in [5, 5.41) is 10.7. The Balaban J connectivity index is 2.76. The molecule has 0 unspecified atom stereocenters. The number of thiophene rings is 1. The maximum Gasteiger partial charge on any atom is 0.241 e. The van der Waals surface area contributed by atoms with Gasteiger partial charge in [-0.05, 0) is 17.4 Å². The Morgan fingerprint density at radius 3 is 2.59 bits per heavy atom. The molecule has 0 saturated heterocycles. The Kier molecular flexibility index (Phi) is 5.58. The average molecular weight is 277 g/mol. The highest BCUT2D eigenvalue weighted by molar-refractivity contribution is 7.89. The first kappa shape index (κ1) is 14.6. The van der Waals surface area contributed by atoms with Crippen LogP contribution in [0.3, 0.4) is 0 Å². The van der Waals surface area contributed by atoms with E-state index in [0.29, 0.717) is 17.3 Å². The fourth-order valence-electron chi connectivity index (χ4n) is 1.57. The van der Waals surface area contributed by atoms with E-state index in [-0.39, 0.29) is 11.5 Å². The SMILES string of the molecule is CCC(CC)CNS(=O)(=O)c1ccsc1CO. The van der Waals surface area contributed by atoms with Gasteiger partial charge in [0, 0.05) is 11.4 Å². The van der Waals surface area contributed by atoms with Crippen molar-refractivity contribution in [3.05, 3.63) is 16.3 Å². The van der Waals surface area contributed by atoms with Crippen LogP contribution in [0.2, 0.25) is 0 Å². The number of aliphatic hydroxyl groups is 1. The van der Waals surface area contributed by atoms with Gasteiger partial charge in [-0.3, -0.25) is 0 Å². The predicted octanol–water partition coefficient (Wildman–Crippen LogP) is 1.95. The van der Waals surface area contributed by atoms with Gasteiger partial charge >= 0.3 is 0 Å². The fraction of sp³-hybridized carbons (Fsp3) is 0.636. The summed E-state index contributed by atoms with van der Waals surface area (Å²) in [6.07, 6.45) is 1.91. The van der Waals surface area contributed by atoms with E-state index in [4.69, 9.17) is 5.11 Å². The van der Waals surface area contributed by atoms with Crippen molar-refractivity contribution in [2.45, 2.75) is 38.2 Å². The Morgan fingerprint density at radius 1 is 1.41 bits per heavy atom. The van der Waals surface area contributed by atoms with Crippen molar-refractivity contribution in [2.75, 3.05) is 6.54 Å². The Bertz CT molecular complexity index is 435. The summed E-state index contributed by atoms with van der Waals surface area (Å²) in [6.45, 7) is 4.31. The summed E-state index contributed by atoms with van der Waals surface area (Å²) < 4.78 is 26.6. The van der Waals surface area contributed by atoms with Crippen molar-refractivity contribution in [1.29, 1.82) is 0 Å². The van der Waals surface area contributed by atoms with Gasteiger partial charge in [-0.2, -0.15) is 0 Å². The van der Waals surface area contributed by atoms with E-state index in [1.54, 1.807) is 5.38 Å². The van der Waals surface area contributed by atoms with Gasteiger partial charge in [0.2, 0.25) is 10.0 Å². The highest BCUT2D eigenvalue weighted by Crippen LogP contribution is 2.21. The molecule has 0 aliphatic rings. The standard InChI is InChI=1S/C11H19NO3S2/c1-3-9(4-2)7-12-17(14,15)11-5-6-16-10(11)8-13/h5-6,9,12-13H,3-4,7-8H2,1-2H3. The van der Waals surface area contributed by atoms with Gasteiger partial charge in [0.05, 0.1) is 11.5 Å². The maximum absolute atomic E-state index is 12.0. The smallest absolute Gasteiger partial charge is 0.241 e. The monoisotopic (exact) mass is 277 g/mol. The summed E-state index contributed by atoms with van der Waals surface area (Å²) >= 11 is 1.25. The molecule has 0 fully saturated rings. The zero-order valence-corrected chi connectivity index (χ0v) is 11.8. The van der Waals surface area contributed by atoms with Gasteiger partial charge in [-0.25, -0.2) is 13.1 Å². The third kappa shape index (κ3) is 3.77. The van der Waals surface area contributed by atoms with E-state index in [2.05, 4.69) is 4.72 Å². The Hall–Kier alpha value is -0.430. The van der Waals surface area contributed by atoms with Crippen LogP contribution < -0.4 is 4.72 Å². The molecule has 0 bridgehead atoms. The lowest BCUT2D eigenvalue weighted by Gasteiger charge is -2.13. The summed E-state index contributed by atoms with van der Waals surface area (Å²) in [5.41, 5.74) is 0. The molecule has 98 valence electrons. The lowest BCUT2D eigenvalue weighted by atomic mass is 10.0. The van der Waals surface area contributed by atoms with Crippen LogP contribution in [0.15, 0.2) is 16.3 Å². The Labute approximate surface area is 107 Å². The fourth-order valence-corrected chi connectivity index (χ4v) is 3.98. The zero-order valence-electron chi connectivity index (χ0n) is 10.1. The molecular weight excluding hydrogens is 258 g/mol. The molecule has 1 aromatic rings. The third-order valence-electron chi connectivity index (χ3n) is 2.85. The van der Waals surface area contributed by atoms with E-state index < -0.39 is 10.0 Å². The second-order valence-electron chi connectivity index (χ2n) is 3.90. The molecule has 1 rings (SSSR count). The largest absolute Gasteiger partial charge is 0.391 e. The molecule has 0 atom stereocenters. The van der Waals surface area contributed by atoms with E-state index >= 15 is 0 Å². The minimum Gasteiger partial charge on any atom is -0.391 e. The van der Waals surface area contributed by atoms with Crippen LogP contribution in [0.25, 0.3) is 0 Å². The molecule has 0 radical (unpaired) electrons. The number of hydrogen-bond donors (Lipinski definition) is 2. The third-order valence-corrected chi connectivity index (χ3v) is 5.40. The van der Waals surface area contributed by atoms with Crippen LogP contribution in [0.1, 0.15) is 31.6 Å². The second kappa shape index (κ2) is 6.49. The number of aliphatic hydroxyl groups excluding tert-OH is 1.